The molecule has 3 aromatic carbocycles. The fraction of sp³-hybridized carbons (Fsp3) is 0.0417. The summed E-state index contributed by atoms with van der Waals surface area (Å²) >= 11 is 6.12. The van der Waals surface area contributed by atoms with Crippen LogP contribution in [0, 0.1) is 27.2 Å². The van der Waals surface area contributed by atoms with Crippen molar-refractivity contribution in [2.24, 2.45) is 0 Å². The van der Waals surface area contributed by atoms with E-state index in [1.807, 2.05) is 0 Å². The van der Waals surface area contributed by atoms with Gasteiger partial charge in [0, 0.05) is 11.1 Å². The molecule has 12 nitrogen and oxygen atoms in total. The molecule has 4 rings (SSSR count). The average Bonchev–Trinajstić information content (AvgIpc) is 2.84. The lowest BCUT2D eigenvalue weighted by Gasteiger charge is -2.26. The molecule has 37 heavy (non-hydrogen) atoms. The zero-order valence-corrected chi connectivity index (χ0v) is 19.6. The third-order valence-corrected chi connectivity index (χ3v) is 5.67. The lowest BCUT2D eigenvalue weighted by Crippen LogP contribution is -2.54. The number of imide groups is 2. The van der Waals surface area contributed by atoms with E-state index >= 15 is 0 Å². The fourth-order valence-electron chi connectivity index (χ4n) is 3.42. The third kappa shape index (κ3) is 5.13. The second-order valence-electron chi connectivity index (χ2n) is 7.73. The Bertz CT molecular complexity index is 1530. The summed E-state index contributed by atoms with van der Waals surface area (Å²) in [5.41, 5.74) is -0.253. The molecule has 1 aliphatic heterocycles. The Morgan fingerprint density at radius 1 is 0.973 bits per heavy atom. The monoisotopic (exact) mass is 522 g/mol. The van der Waals surface area contributed by atoms with Gasteiger partial charge < -0.3 is 4.74 Å². The summed E-state index contributed by atoms with van der Waals surface area (Å²) in [5, 5.41) is 24.7. The number of ether oxygens (including phenoxy) is 1. The molecule has 0 unspecified atom stereocenters. The van der Waals surface area contributed by atoms with Crippen molar-refractivity contribution in [3.8, 4) is 11.5 Å². The summed E-state index contributed by atoms with van der Waals surface area (Å²) in [5.74, 6) is -1.96. The number of hydrogen-bond donors (Lipinski definition) is 1. The van der Waals surface area contributed by atoms with Crippen molar-refractivity contribution in [1.82, 2.24) is 5.32 Å². The van der Waals surface area contributed by atoms with Gasteiger partial charge in [0.2, 0.25) is 5.75 Å². The summed E-state index contributed by atoms with van der Waals surface area (Å²) in [6.07, 6.45) is 1.23. The number of aryl methyl sites for hydroxylation is 1. The Labute approximate surface area is 213 Å². The van der Waals surface area contributed by atoms with Crippen LogP contribution in [0.2, 0.25) is 5.02 Å². The molecule has 0 radical (unpaired) electrons. The molecule has 0 bridgehead atoms. The van der Waals surface area contributed by atoms with Crippen LogP contribution in [0.15, 0.2) is 66.2 Å². The van der Waals surface area contributed by atoms with Crippen LogP contribution in [0.1, 0.15) is 11.1 Å². The highest BCUT2D eigenvalue weighted by molar-refractivity contribution is 6.39. The van der Waals surface area contributed by atoms with E-state index in [0.717, 1.165) is 28.7 Å². The van der Waals surface area contributed by atoms with E-state index in [9.17, 15) is 34.6 Å². The van der Waals surface area contributed by atoms with Gasteiger partial charge in [-0.25, -0.2) is 9.69 Å². The molecule has 1 N–H and O–H groups in total. The minimum Gasteiger partial charge on any atom is -0.450 e. The van der Waals surface area contributed by atoms with Crippen molar-refractivity contribution in [2.45, 2.75) is 6.92 Å². The minimum atomic E-state index is -0.936. The second-order valence-corrected chi connectivity index (χ2v) is 8.14. The van der Waals surface area contributed by atoms with Crippen LogP contribution in [0.4, 0.5) is 21.9 Å². The number of amides is 4. The largest absolute Gasteiger partial charge is 0.450 e. The Balaban J connectivity index is 1.66. The lowest BCUT2D eigenvalue weighted by molar-refractivity contribution is -0.394. The van der Waals surface area contributed by atoms with Gasteiger partial charge in [0.05, 0.1) is 21.6 Å². The summed E-state index contributed by atoms with van der Waals surface area (Å²) in [6, 6.07) is 12.4. The zero-order chi connectivity index (χ0) is 26.9. The van der Waals surface area contributed by atoms with Crippen molar-refractivity contribution in [1.29, 1.82) is 0 Å². The molecule has 13 heteroatoms. The van der Waals surface area contributed by atoms with Crippen LogP contribution in [0.25, 0.3) is 6.08 Å². The van der Waals surface area contributed by atoms with Crippen molar-refractivity contribution in [3.05, 3.63) is 103 Å². The summed E-state index contributed by atoms with van der Waals surface area (Å²) in [7, 11) is 0. The van der Waals surface area contributed by atoms with Crippen molar-refractivity contribution in [2.75, 3.05) is 4.90 Å². The topological polar surface area (TPSA) is 162 Å². The van der Waals surface area contributed by atoms with Crippen LogP contribution >= 0.6 is 11.6 Å². The second kappa shape index (κ2) is 9.87. The SMILES string of the molecule is Cc1ccc(N2C(=O)NC(=O)/C(=C/c3cccc(Oc4ccc([N+](=O)[O-])cc4[N+](=O)[O-])c3)C2=O)cc1Cl. The molecular formula is C24H15ClN4O8. The number of hydrogen-bond acceptors (Lipinski definition) is 8. The van der Waals surface area contributed by atoms with Gasteiger partial charge in [-0.15, -0.1) is 0 Å². The highest BCUT2D eigenvalue weighted by Gasteiger charge is 2.37. The van der Waals surface area contributed by atoms with Crippen molar-refractivity contribution in [3.63, 3.8) is 0 Å². The number of non-ortho nitro benzene ring substituents is 1. The summed E-state index contributed by atoms with van der Waals surface area (Å²) in [6.45, 7) is 1.75. The minimum absolute atomic E-state index is 0.0909. The molecule has 4 amide bonds. The molecule has 186 valence electrons. The number of nitrogens with zero attached hydrogens (tertiary/aromatic N) is 3. The number of urea groups is 1. The van der Waals surface area contributed by atoms with Gasteiger partial charge in [-0.2, -0.15) is 0 Å². The molecule has 0 aliphatic carbocycles. The third-order valence-electron chi connectivity index (χ3n) is 5.26. The van der Waals surface area contributed by atoms with E-state index < -0.39 is 39.1 Å². The van der Waals surface area contributed by atoms with E-state index in [-0.39, 0.29) is 22.8 Å². The first-order chi connectivity index (χ1) is 17.5. The Hall–Kier alpha value is -5.10. The molecule has 0 atom stereocenters. The number of anilines is 1. The average molecular weight is 523 g/mol. The predicted molar refractivity (Wildman–Crippen MR) is 131 cm³/mol. The van der Waals surface area contributed by atoms with E-state index in [2.05, 4.69) is 5.32 Å². The van der Waals surface area contributed by atoms with E-state index in [0.29, 0.717) is 10.6 Å². The molecular weight excluding hydrogens is 508 g/mol. The standard InChI is InChI=1S/C24H15ClN4O8/c1-13-5-6-15(11-19(13)25)27-23(31)18(22(30)26-24(27)32)10-14-3-2-4-17(9-14)37-21-8-7-16(28(33)34)12-20(21)29(35)36/h2-12H,1H3,(H,26,30,32)/b18-10-. The highest BCUT2D eigenvalue weighted by Crippen LogP contribution is 2.35. The van der Waals surface area contributed by atoms with Gasteiger partial charge in [-0.3, -0.25) is 35.1 Å². The Morgan fingerprint density at radius 2 is 1.73 bits per heavy atom. The maximum atomic E-state index is 13.1. The van der Waals surface area contributed by atoms with Gasteiger partial charge in [0.15, 0.2) is 0 Å². The van der Waals surface area contributed by atoms with Crippen LogP contribution in [-0.2, 0) is 9.59 Å². The number of benzene rings is 3. The quantitative estimate of drug-likeness (QED) is 0.206. The maximum Gasteiger partial charge on any atom is 0.335 e. The van der Waals surface area contributed by atoms with Crippen molar-refractivity contribution >= 4 is 52.6 Å². The molecule has 1 fully saturated rings. The smallest absolute Gasteiger partial charge is 0.335 e. The van der Waals surface area contributed by atoms with E-state index in [1.165, 1.54) is 42.5 Å². The van der Waals surface area contributed by atoms with Crippen molar-refractivity contribution < 1.29 is 29.0 Å². The number of barbiturate groups is 1. The van der Waals surface area contributed by atoms with Gasteiger partial charge >= 0.3 is 11.7 Å². The molecule has 1 aliphatic rings. The van der Waals surface area contributed by atoms with Crippen LogP contribution in [0.3, 0.4) is 0 Å². The normalized spacial score (nSPS) is 14.5. The van der Waals surface area contributed by atoms with Crippen LogP contribution in [-0.4, -0.2) is 27.7 Å². The molecule has 1 saturated heterocycles. The molecule has 0 aromatic heterocycles. The molecule has 0 saturated carbocycles. The zero-order valence-electron chi connectivity index (χ0n) is 18.8. The predicted octanol–water partition coefficient (Wildman–Crippen LogP) is 4.92. The number of carbonyl (C=O) groups excluding carboxylic acids is 3. The van der Waals surface area contributed by atoms with E-state index in [1.54, 1.807) is 13.0 Å². The van der Waals surface area contributed by atoms with Gasteiger partial charge in [0.1, 0.15) is 11.3 Å². The van der Waals surface area contributed by atoms with Gasteiger partial charge in [-0.1, -0.05) is 29.8 Å². The van der Waals surface area contributed by atoms with Gasteiger partial charge in [-0.05, 0) is 54.5 Å². The molecule has 1 heterocycles. The number of nitro benzene ring substituents is 2. The highest BCUT2D eigenvalue weighted by atomic mass is 35.5. The number of carbonyl (C=O) groups is 3. The fourth-order valence-corrected chi connectivity index (χ4v) is 3.60. The maximum absolute atomic E-state index is 13.1. The van der Waals surface area contributed by atoms with Gasteiger partial charge in [0.25, 0.3) is 17.5 Å². The Kier molecular flexibility index (Phi) is 6.67. The van der Waals surface area contributed by atoms with Crippen LogP contribution in [0.5, 0.6) is 11.5 Å². The lowest BCUT2D eigenvalue weighted by atomic mass is 10.1. The number of nitrogens with one attached hydrogen (secondary N) is 1. The molecule has 3 aromatic rings. The summed E-state index contributed by atoms with van der Waals surface area (Å²) in [4.78, 5) is 59.5. The molecule has 0 spiro atoms. The number of halogens is 1. The van der Waals surface area contributed by atoms with E-state index in [4.69, 9.17) is 16.3 Å². The first-order valence-electron chi connectivity index (χ1n) is 10.4. The number of nitro groups is 2. The first-order valence-corrected chi connectivity index (χ1v) is 10.8. The van der Waals surface area contributed by atoms with Crippen LogP contribution < -0.4 is 15.0 Å². The number of rotatable bonds is 6. The Morgan fingerprint density at radius 3 is 2.41 bits per heavy atom. The first kappa shape index (κ1) is 25.0. The summed E-state index contributed by atoms with van der Waals surface area (Å²) < 4.78 is 5.56.